The number of aryl methyl sites for hydroxylation is 1. The molecule has 0 bridgehead atoms. The fraction of sp³-hybridized carbons (Fsp3) is 0.500. The van der Waals surface area contributed by atoms with E-state index in [0.29, 0.717) is 18.3 Å². The van der Waals surface area contributed by atoms with Gasteiger partial charge in [0.05, 0.1) is 12.3 Å². The fourth-order valence-corrected chi connectivity index (χ4v) is 3.97. The van der Waals surface area contributed by atoms with E-state index in [1.807, 2.05) is 29.2 Å². The standard InChI is InChI=1S/C16H22N4O3S/c1-2-12-5-7-13(8-6-12)16-18-15(23-19-16)10-20-9-3-4-14(20)11-24(17,21)22/h5-8,14H,2-4,9-11H2,1H3,(H2,17,21,22). The molecule has 24 heavy (non-hydrogen) atoms. The summed E-state index contributed by atoms with van der Waals surface area (Å²) in [6.07, 6.45) is 2.74. The van der Waals surface area contributed by atoms with E-state index in [2.05, 4.69) is 17.1 Å². The maximum atomic E-state index is 11.3. The molecule has 1 aromatic heterocycles. The molecule has 0 aliphatic carbocycles. The van der Waals surface area contributed by atoms with E-state index in [9.17, 15) is 8.42 Å². The molecular weight excluding hydrogens is 328 g/mol. The van der Waals surface area contributed by atoms with Gasteiger partial charge in [0.15, 0.2) is 0 Å². The lowest BCUT2D eigenvalue weighted by Crippen LogP contribution is -2.37. The highest BCUT2D eigenvalue weighted by molar-refractivity contribution is 7.89. The lowest BCUT2D eigenvalue weighted by atomic mass is 10.1. The monoisotopic (exact) mass is 350 g/mol. The third-order valence-electron chi connectivity index (χ3n) is 4.35. The second-order valence-electron chi connectivity index (χ2n) is 6.16. The maximum Gasteiger partial charge on any atom is 0.241 e. The van der Waals surface area contributed by atoms with Gasteiger partial charge in [-0.15, -0.1) is 0 Å². The lowest BCUT2D eigenvalue weighted by molar-refractivity contribution is 0.222. The molecule has 0 spiro atoms. The number of nitrogens with zero attached hydrogens (tertiary/aromatic N) is 3. The molecule has 8 heteroatoms. The first kappa shape index (κ1) is 17.1. The predicted molar refractivity (Wildman–Crippen MR) is 90.5 cm³/mol. The Morgan fingerprint density at radius 3 is 2.75 bits per heavy atom. The summed E-state index contributed by atoms with van der Waals surface area (Å²) in [4.78, 5) is 6.47. The van der Waals surface area contributed by atoms with Crippen LogP contribution in [0.3, 0.4) is 0 Å². The highest BCUT2D eigenvalue weighted by Crippen LogP contribution is 2.22. The number of primary sulfonamides is 1. The smallest absolute Gasteiger partial charge is 0.241 e. The Morgan fingerprint density at radius 2 is 2.08 bits per heavy atom. The van der Waals surface area contributed by atoms with Crippen LogP contribution in [0.1, 0.15) is 31.2 Å². The number of likely N-dealkylation sites (tertiary alicyclic amines) is 1. The van der Waals surface area contributed by atoms with Gasteiger partial charge >= 0.3 is 0 Å². The topological polar surface area (TPSA) is 102 Å². The molecule has 1 aliphatic rings. The van der Waals surface area contributed by atoms with Gasteiger partial charge in [0.2, 0.25) is 21.7 Å². The molecule has 0 amide bonds. The number of sulfonamides is 1. The Balaban J connectivity index is 1.69. The van der Waals surface area contributed by atoms with Crippen LogP contribution in [0.5, 0.6) is 0 Å². The van der Waals surface area contributed by atoms with Gasteiger partial charge in [0.1, 0.15) is 0 Å². The van der Waals surface area contributed by atoms with Gasteiger partial charge in [-0.2, -0.15) is 4.98 Å². The molecule has 0 saturated carbocycles. The summed E-state index contributed by atoms with van der Waals surface area (Å²) in [7, 11) is -3.49. The Bertz CT molecular complexity index is 786. The first-order valence-corrected chi connectivity index (χ1v) is 9.82. The van der Waals surface area contributed by atoms with Gasteiger partial charge in [-0.25, -0.2) is 13.6 Å². The normalized spacial score (nSPS) is 19.0. The van der Waals surface area contributed by atoms with Gasteiger partial charge in [-0.1, -0.05) is 36.3 Å². The van der Waals surface area contributed by atoms with Crippen molar-refractivity contribution in [1.82, 2.24) is 15.0 Å². The summed E-state index contributed by atoms with van der Waals surface area (Å²) >= 11 is 0. The van der Waals surface area contributed by atoms with Crippen molar-refractivity contribution in [2.45, 2.75) is 38.8 Å². The quantitative estimate of drug-likeness (QED) is 0.848. The van der Waals surface area contributed by atoms with Gasteiger partial charge in [0.25, 0.3) is 0 Å². The minimum Gasteiger partial charge on any atom is -0.338 e. The third-order valence-corrected chi connectivity index (χ3v) is 5.20. The zero-order valence-electron chi connectivity index (χ0n) is 13.7. The number of aromatic nitrogens is 2. The van der Waals surface area contributed by atoms with Gasteiger partial charge in [0, 0.05) is 11.6 Å². The largest absolute Gasteiger partial charge is 0.338 e. The van der Waals surface area contributed by atoms with E-state index in [-0.39, 0.29) is 11.8 Å². The van der Waals surface area contributed by atoms with E-state index in [1.54, 1.807) is 0 Å². The van der Waals surface area contributed by atoms with Crippen LogP contribution >= 0.6 is 0 Å². The zero-order valence-corrected chi connectivity index (χ0v) is 14.5. The van der Waals surface area contributed by atoms with E-state index >= 15 is 0 Å². The first-order chi connectivity index (χ1) is 11.4. The van der Waals surface area contributed by atoms with Gasteiger partial charge in [-0.3, -0.25) is 4.90 Å². The minimum absolute atomic E-state index is 0.0352. The molecule has 1 saturated heterocycles. The van der Waals surface area contributed by atoms with Crippen molar-refractivity contribution in [1.29, 1.82) is 0 Å². The summed E-state index contributed by atoms with van der Waals surface area (Å²) in [5.74, 6) is 1.01. The average molecular weight is 350 g/mol. The van der Waals surface area contributed by atoms with E-state index in [1.165, 1.54) is 5.56 Å². The van der Waals surface area contributed by atoms with Gasteiger partial charge in [-0.05, 0) is 31.4 Å². The van der Waals surface area contributed by atoms with Gasteiger partial charge < -0.3 is 4.52 Å². The Kier molecular flexibility index (Phi) is 4.98. The molecule has 3 rings (SSSR count). The molecule has 1 atom stereocenters. The van der Waals surface area contributed by atoms with Crippen LogP contribution in [0.2, 0.25) is 0 Å². The van der Waals surface area contributed by atoms with Crippen molar-refractivity contribution in [3.63, 3.8) is 0 Å². The predicted octanol–water partition coefficient (Wildman–Crippen LogP) is 1.55. The number of hydrogen-bond acceptors (Lipinski definition) is 6. The summed E-state index contributed by atoms with van der Waals surface area (Å²) in [6.45, 7) is 3.36. The van der Waals surface area contributed by atoms with Crippen molar-refractivity contribution in [3.05, 3.63) is 35.7 Å². The molecule has 2 aromatic rings. The second kappa shape index (κ2) is 7.00. The van der Waals surface area contributed by atoms with Crippen molar-refractivity contribution in [2.24, 2.45) is 5.14 Å². The maximum absolute atomic E-state index is 11.3. The Morgan fingerprint density at radius 1 is 1.33 bits per heavy atom. The molecule has 1 aromatic carbocycles. The number of benzene rings is 1. The minimum atomic E-state index is -3.49. The van der Waals surface area contributed by atoms with Crippen LogP contribution in [0.4, 0.5) is 0 Å². The highest BCUT2D eigenvalue weighted by atomic mass is 32.2. The molecule has 0 radical (unpaired) electrons. The van der Waals surface area contributed by atoms with Crippen molar-refractivity contribution >= 4 is 10.0 Å². The number of nitrogens with two attached hydrogens (primary N) is 1. The van der Waals surface area contributed by atoms with Crippen molar-refractivity contribution < 1.29 is 12.9 Å². The average Bonchev–Trinajstić information content (AvgIpc) is 3.17. The van der Waals surface area contributed by atoms with Crippen molar-refractivity contribution in [2.75, 3.05) is 12.3 Å². The number of hydrogen-bond donors (Lipinski definition) is 1. The van der Waals surface area contributed by atoms with Crippen molar-refractivity contribution in [3.8, 4) is 11.4 Å². The second-order valence-corrected chi connectivity index (χ2v) is 7.82. The summed E-state index contributed by atoms with van der Waals surface area (Å²) in [6, 6.07) is 7.97. The molecule has 1 aliphatic heterocycles. The highest BCUT2D eigenvalue weighted by Gasteiger charge is 2.29. The van der Waals surface area contributed by atoms with Crippen LogP contribution in [-0.4, -0.2) is 41.8 Å². The van der Waals surface area contributed by atoms with Crippen LogP contribution in [-0.2, 0) is 23.0 Å². The molecular formula is C16H22N4O3S. The molecule has 1 fully saturated rings. The first-order valence-electron chi connectivity index (χ1n) is 8.11. The SMILES string of the molecule is CCc1ccc(-c2noc(CN3CCCC3CS(N)(=O)=O)n2)cc1. The molecule has 1 unspecified atom stereocenters. The zero-order chi connectivity index (χ0) is 17.2. The van der Waals surface area contributed by atoms with Crippen LogP contribution < -0.4 is 5.14 Å². The van der Waals surface area contributed by atoms with E-state index in [4.69, 9.17) is 9.66 Å². The summed E-state index contributed by atoms with van der Waals surface area (Å²) < 4.78 is 28.0. The summed E-state index contributed by atoms with van der Waals surface area (Å²) in [5.41, 5.74) is 2.16. The molecule has 7 nitrogen and oxygen atoms in total. The van der Waals surface area contributed by atoms with E-state index in [0.717, 1.165) is 31.4 Å². The van der Waals surface area contributed by atoms with Crippen LogP contribution in [0.25, 0.3) is 11.4 Å². The fourth-order valence-electron chi connectivity index (χ4n) is 3.06. The molecule has 2 N–H and O–H groups in total. The van der Waals surface area contributed by atoms with E-state index < -0.39 is 10.0 Å². The summed E-state index contributed by atoms with van der Waals surface area (Å²) in [5, 5.41) is 9.20. The Hall–Kier alpha value is -1.77. The van der Waals surface area contributed by atoms with Crippen LogP contribution in [0.15, 0.2) is 28.8 Å². The van der Waals surface area contributed by atoms with Crippen LogP contribution in [0, 0.1) is 0 Å². The lowest BCUT2D eigenvalue weighted by Gasteiger charge is -2.21. The Labute approximate surface area is 141 Å². The third kappa shape index (κ3) is 4.19. The number of rotatable bonds is 6. The molecule has 2 heterocycles. The molecule has 130 valence electrons.